The molecule has 0 unspecified atom stereocenters. The second-order valence-electron chi connectivity index (χ2n) is 5.34. The number of carbonyl (C=O) groups is 2. The highest BCUT2D eigenvalue weighted by molar-refractivity contribution is 7.10. The molecule has 0 aliphatic rings. The van der Waals surface area contributed by atoms with E-state index in [9.17, 15) is 9.59 Å². The molecule has 0 radical (unpaired) electrons. The number of hydrogen-bond donors (Lipinski definition) is 1. The predicted molar refractivity (Wildman–Crippen MR) is 100 cm³/mol. The van der Waals surface area contributed by atoms with E-state index in [0.29, 0.717) is 0 Å². The zero-order valence-electron chi connectivity index (χ0n) is 13.6. The molecule has 0 saturated carbocycles. The number of nitrogens with zero attached hydrogens (tertiary/aromatic N) is 1. The lowest BCUT2D eigenvalue weighted by Gasteiger charge is -2.18. The summed E-state index contributed by atoms with van der Waals surface area (Å²) in [6.45, 7) is -0.404. The van der Waals surface area contributed by atoms with Gasteiger partial charge in [0, 0.05) is 11.1 Å². The molecule has 1 N–H and O–H groups in total. The van der Waals surface area contributed by atoms with E-state index in [0.717, 1.165) is 10.4 Å². The molecule has 7 heteroatoms. The quantitative estimate of drug-likeness (QED) is 0.516. The number of halogens is 1. The Kier molecular flexibility index (Phi) is 5.99. The van der Waals surface area contributed by atoms with Crippen LogP contribution in [-0.2, 0) is 9.53 Å². The summed E-state index contributed by atoms with van der Waals surface area (Å²) in [7, 11) is 0. The zero-order chi connectivity index (χ0) is 18.4. The van der Waals surface area contributed by atoms with Gasteiger partial charge in [-0.3, -0.25) is 4.79 Å². The van der Waals surface area contributed by atoms with Crippen molar-refractivity contribution in [2.24, 2.45) is 0 Å². The van der Waals surface area contributed by atoms with Crippen LogP contribution in [-0.4, -0.2) is 23.5 Å². The van der Waals surface area contributed by atoms with Crippen molar-refractivity contribution >= 4 is 34.8 Å². The van der Waals surface area contributed by atoms with Crippen LogP contribution in [0.15, 0.2) is 66.2 Å². The van der Waals surface area contributed by atoms with Crippen molar-refractivity contribution in [2.75, 3.05) is 6.61 Å². The Labute approximate surface area is 159 Å². The summed E-state index contributed by atoms with van der Waals surface area (Å²) in [5.41, 5.74) is 1.07. The Hall–Kier alpha value is -2.70. The number of amides is 1. The van der Waals surface area contributed by atoms with Crippen LogP contribution >= 0.6 is 22.9 Å². The fourth-order valence-corrected chi connectivity index (χ4v) is 3.37. The summed E-state index contributed by atoms with van der Waals surface area (Å²) in [5, 5.41) is 4.89. The third kappa shape index (κ3) is 4.47. The van der Waals surface area contributed by atoms with Gasteiger partial charge in [0.2, 0.25) is 0 Å². The van der Waals surface area contributed by atoms with Gasteiger partial charge in [-0.1, -0.05) is 48.0 Å². The molecule has 0 spiro atoms. The summed E-state index contributed by atoms with van der Waals surface area (Å²) in [5.74, 6) is -1.09. The molecule has 2 heterocycles. The van der Waals surface area contributed by atoms with Crippen molar-refractivity contribution in [1.29, 1.82) is 0 Å². The second-order valence-corrected chi connectivity index (χ2v) is 6.68. The van der Waals surface area contributed by atoms with E-state index in [1.54, 1.807) is 17.4 Å². The fraction of sp³-hybridized carbons (Fsp3) is 0.105. The first-order valence-electron chi connectivity index (χ1n) is 7.80. The Bertz CT molecular complexity index is 885. The number of ether oxygens (including phenoxy) is 1. The molecule has 26 heavy (non-hydrogen) atoms. The highest BCUT2D eigenvalue weighted by Crippen LogP contribution is 2.25. The molecule has 0 aliphatic heterocycles. The van der Waals surface area contributed by atoms with Crippen molar-refractivity contribution in [3.05, 3.63) is 87.3 Å². The van der Waals surface area contributed by atoms with Gasteiger partial charge in [-0.25, -0.2) is 9.78 Å². The maximum absolute atomic E-state index is 12.3. The van der Waals surface area contributed by atoms with E-state index in [1.807, 2.05) is 47.8 Å². The lowest BCUT2D eigenvalue weighted by atomic mass is 10.1. The highest BCUT2D eigenvalue weighted by Gasteiger charge is 2.19. The summed E-state index contributed by atoms with van der Waals surface area (Å²) < 4.78 is 5.05. The predicted octanol–water partition coefficient (Wildman–Crippen LogP) is 3.86. The standard InChI is InChI=1S/C19H15ClN2O3S/c20-18-14(8-4-10-21-18)19(24)25-12-16(23)22-17(15-9-5-11-26-15)13-6-2-1-3-7-13/h1-11,17H,12H2,(H,22,23)/t17-/m0/s1. The van der Waals surface area contributed by atoms with Crippen LogP contribution in [0.4, 0.5) is 0 Å². The summed E-state index contributed by atoms with van der Waals surface area (Å²) in [6, 6.07) is 16.2. The Morgan fingerprint density at radius 2 is 1.92 bits per heavy atom. The minimum Gasteiger partial charge on any atom is -0.452 e. The van der Waals surface area contributed by atoms with Gasteiger partial charge in [-0.05, 0) is 29.1 Å². The number of aromatic nitrogens is 1. The first-order valence-corrected chi connectivity index (χ1v) is 9.06. The van der Waals surface area contributed by atoms with Gasteiger partial charge >= 0.3 is 5.97 Å². The number of carbonyl (C=O) groups excluding carboxylic acids is 2. The van der Waals surface area contributed by atoms with Gasteiger partial charge in [0.1, 0.15) is 5.15 Å². The van der Waals surface area contributed by atoms with Crippen molar-refractivity contribution in [2.45, 2.75) is 6.04 Å². The zero-order valence-corrected chi connectivity index (χ0v) is 15.2. The molecular weight excluding hydrogens is 372 g/mol. The van der Waals surface area contributed by atoms with E-state index in [-0.39, 0.29) is 16.8 Å². The van der Waals surface area contributed by atoms with Crippen LogP contribution in [0.25, 0.3) is 0 Å². The monoisotopic (exact) mass is 386 g/mol. The molecular formula is C19H15ClN2O3S. The maximum Gasteiger partial charge on any atom is 0.341 e. The van der Waals surface area contributed by atoms with E-state index in [2.05, 4.69) is 10.3 Å². The van der Waals surface area contributed by atoms with Crippen molar-refractivity contribution in [3.63, 3.8) is 0 Å². The Balaban J connectivity index is 1.65. The molecule has 3 rings (SSSR count). The maximum atomic E-state index is 12.3. The molecule has 0 aliphatic carbocycles. The van der Waals surface area contributed by atoms with Gasteiger partial charge < -0.3 is 10.1 Å². The highest BCUT2D eigenvalue weighted by atomic mass is 35.5. The number of nitrogens with one attached hydrogen (secondary N) is 1. The average Bonchev–Trinajstić information content (AvgIpc) is 3.19. The number of hydrogen-bond acceptors (Lipinski definition) is 5. The number of pyridine rings is 1. The normalized spacial score (nSPS) is 11.6. The van der Waals surface area contributed by atoms with Crippen LogP contribution < -0.4 is 5.32 Å². The van der Waals surface area contributed by atoms with Crippen LogP contribution in [0.3, 0.4) is 0 Å². The summed E-state index contributed by atoms with van der Waals surface area (Å²) in [4.78, 5) is 29.1. The molecule has 1 amide bonds. The molecule has 0 bridgehead atoms. The van der Waals surface area contributed by atoms with Gasteiger partial charge in [0.05, 0.1) is 11.6 Å². The smallest absolute Gasteiger partial charge is 0.341 e. The van der Waals surface area contributed by atoms with Gasteiger partial charge in [0.15, 0.2) is 6.61 Å². The molecule has 0 fully saturated rings. The Morgan fingerprint density at radius 3 is 2.62 bits per heavy atom. The first kappa shape index (κ1) is 18.1. The molecule has 132 valence electrons. The Morgan fingerprint density at radius 1 is 1.12 bits per heavy atom. The molecule has 3 aromatic rings. The molecule has 1 atom stereocenters. The van der Waals surface area contributed by atoms with E-state index in [4.69, 9.17) is 16.3 Å². The van der Waals surface area contributed by atoms with Gasteiger partial charge in [-0.15, -0.1) is 11.3 Å². The van der Waals surface area contributed by atoms with E-state index >= 15 is 0 Å². The van der Waals surface area contributed by atoms with Crippen molar-refractivity contribution in [3.8, 4) is 0 Å². The van der Waals surface area contributed by atoms with Crippen LogP contribution in [0.2, 0.25) is 5.15 Å². The molecule has 1 aromatic carbocycles. The fourth-order valence-electron chi connectivity index (χ4n) is 2.37. The number of thiophene rings is 1. The van der Waals surface area contributed by atoms with Crippen molar-refractivity contribution in [1.82, 2.24) is 10.3 Å². The van der Waals surface area contributed by atoms with Crippen LogP contribution in [0.1, 0.15) is 26.8 Å². The number of benzene rings is 1. The molecule has 0 saturated heterocycles. The minimum absolute atomic E-state index is 0.0404. The van der Waals surface area contributed by atoms with Crippen LogP contribution in [0.5, 0.6) is 0 Å². The molecule has 5 nitrogen and oxygen atoms in total. The minimum atomic E-state index is -0.689. The van der Waals surface area contributed by atoms with Gasteiger partial charge in [0.25, 0.3) is 5.91 Å². The SMILES string of the molecule is O=C(COC(=O)c1cccnc1Cl)N[C@@H](c1ccccc1)c1cccs1. The van der Waals surface area contributed by atoms with Crippen molar-refractivity contribution < 1.29 is 14.3 Å². The van der Waals surface area contributed by atoms with Crippen LogP contribution in [0, 0.1) is 0 Å². The van der Waals surface area contributed by atoms with Gasteiger partial charge in [-0.2, -0.15) is 0 Å². The summed E-state index contributed by atoms with van der Waals surface area (Å²) >= 11 is 7.40. The first-order chi connectivity index (χ1) is 12.6. The number of rotatable bonds is 6. The second kappa shape index (κ2) is 8.60. The lowest BCUT2D eigenvalue weighted by molar-refractivity contribution is -0.124. The molecule has 2 aromatic heterocycles. The topological polar surface area (TPSA) is 68.3 Å². The summed E-state index contributed by atoms with van der Waals surface area (Å²) in [6.07, 6.45) is 1.47. The van der Waals surface area contributed by atoms with E-state index < -0.39 is 18.5 Å². The third-order valence-electron chi connectivity index (χ3n) is 3.58. The largest absolute Gasteiger partial charge is 0.452 e. The van der Waals surface area contributed by atoms with E-state index in [1.165, 1.54) is 12.3 Å². The number of esters is 1. The third-order valence-corrected chi connectivity index (χ3v) is 4.82. The average molecular weight is 387 g/mol. The lowest BCUT2D eigenvalue weighted by Crippen LogP contribution is -2.32.